The molecule has 1 aliphatic rings. The van der Waals surface area contributed by atoms with Gasteiger partial charge >= 0.3 is 0 Å². The molecule has 0 radical (unpaired) electrons. The number of amides is 1. The Morgan fingerprint density at radius 3 is 2.64 bits per heavy atom. The third-order valence-electron chi connectivity index (χ3n) is 4.41. The van der Waals surface area contributed by atoms with Crippen LogP contribution in [0.15, 0.2) is 24.4 Å². The highest BCUT2D eigenvalue weighted by Crippen LogP contribution is 2.31. The second kappa shape index (κ2) is 6.59. The first-order valence-corrected chi connectivity index (χ1v) is 8.02. The van der Waals surface area contributed by atoms with Crippen molar-refractivity contribution in [1.82, 2.24) is 9.88 Å². The number of ketones is 1. The van der Waals surface area contributed by atoms with Crippen LogP contribution in [0.5, 0.6) is 0 Å². The number of hydrogen-bond donors (Lipinski definition) is 0. The molecular formula is C18H26N2O2. The van der Waals surface area contributed by atoms with Crippen LogP contribution in [0.3, 0.4) is 0 Å². The zero-order chi connectivity index (χ0) is 16.3. The summed E-state index contributed by atoms with van der Waals surface area (Å²) < 4.78 is 0. The number of rotatable bonds is 3. The van der Waals surface area contributed by atoms with E-state index in [4.69, 9.17) is 0 Å². The molecule has 4 heteroatoms. The first-order chi connectivity index (χ1) is 10.3. The fourth-order valence-electron chi connectivity index (χ4n) is 3.07. The van der Waals surface area contributed by atoms with Crippen LogP contribution in [0.2, 0.25) is 0 Å². The third kappa shape index (κ3) is 3.93. The van der Waals surface area contributed by atoms with E-state index in [0.29, 0.717) is 25.8 Å². The van der Waals surface area contributed by atoms with E-state index in [1.165, 1.54) is 0 Å². The van der Waals surface area contributed by atoms with Crippen molar-refractivity contribution in [1.29, 1.82) is 0 Å². The summed E-state index contributed by atoms with van der Waals surface area (Å²) >= 11 is 0. The maximum atomic E-state index is 13.1. The zero-order valence-electron chi connectivity index (χ0n) is 14.0. The van der Waals surface area contributed by atoms with Crippen molar-refractivity contribution in [2.75, 3.05) is 0 Å². The van der Waals surface area contributed by atoms with Gasteiger partial charge in [0.25, 0.3) is 0 Å². The zero-order valence-corrected chi connectivity index (χ0v) is 14.0. The Balaban J connectivity index is 2.18. The molecule has 2 atom stereocenters. The summed E-state index contributed by atoms with van der Waals surface area (Å²) in [6.07, 6.45) is 3.48. The van der Waals surface area contributed by atoms with E-state index in [9.17, 15) is 9.59 Å². The van der Waals surface area contributed by atoms with E-state index < -0.39 is 0 Å². The number of aromatic nitrogens is 1. The van der Waals surface area contributed by atoms with Crippen LogP contribution in [0.4, 0.5) is 0 Å². The molecule has 0 bridgehead atoms. The second-order valence-electron chi connectivity index (χ2n) is 7.28. The van der Waals surface area contributed by atoms with Gasteiger partial charge in [0.15, 0.2) is 0 Å². The van der Waals surface area contributed by atoms with Crippen LogP contribution < -0.4 is 0 Å². The number of nitrogens with zero attached hydrogens (tertiary/aromatic N) is 2. The van der Waals surface area contributed by atoms with E-state index in [0.717, 1.165) is 5.69 Å². The molecule has 0 aromatic carbocycles. The Bertz CT molecular complexity index is 534. The van der Waals surface area contributed by atoms with Crippen molar-refractivity contribution in [2.24, 2.45) is 11.8 Å². The predicted octanol–water partition coefficient (Wildman–Crippen LogP) is 3.21. The Morgan fingerprint density at radius 1 is 1.36 bits per heavy atom. The highest BCUT2D eigenvalue weighted by molar-refractivity contribution is 5.85. The maximum Gasteiger partial charge on any atom is 0.226 e. The quantitative estimate of drug-likeness (QED) is 0.861. The SMILES string of the molecule is C[C@H]1CC(=O)CC[C@@H]1C(=O)N(Cc1ccccn1)C(C)(C)C. The van der Waals surface area contributed by atoms with Crippen LogP contribution >= 0.6 is 0 Å². The fourth-order valence-corrected chi connectivity index (χ4v) is 3.07. The minimum atomic E-state index is -0.268. The van der Waals surface area contributed by atoms with Gasteiger partial charge in [-0.2, -0.15) is 0 Å². The highest BCUT2D eigenvalue weighted by atomic mass is 16.2. The molecule has 1 saturated carbocycles. The van der Waals surface area contributed by atoms with Gasteiger partial charge in [-0.3, -0.25) is 14.6 Å². The van der Waals surface area contributed by atoms with Gasteiger partial charge in [-0.25, -0.2) is 0 Å². The van der Waals surface area contributed by atoms with Crippen molar-refractivity contribution >= 4 is 11.7 Å². The summed E-state index contributed by atoms with van der Waals surface area (Å²) in [4.78, 5) is 30.9. The molecule has 0 unspecified atom stereocenters. The fraction of sp³-hybridized carbons (Fsp3) is 0.611. The number of Topliss-reactive ketones (excluding diaryl/α,β-unsaturated/α-hetero) is 1. The minimum absolute atomic E-state index is 0.0550. The average Bonchev–Trinajstić information content (AvgIpc) is 2.44. The largest absolute Gasteiger partial charge is 0.332 e. The van der Waals surface area contributed by atoms with Crippen LogP contribution in [-0.4, -0.2) is 27.1 Å². The van der Waals surface area contributed by atoms with Gasteiger partial charge in [0.05, 0.1) is 12.2 Å². The molecule has 2 rings (SSSR count). The van der Waals surface area contributed by atoms with Gasteiger partial charge < -0.3 is 4.90 Å². The summed E-state index contributed by atoms with van der Waals surface area (Å²) in [7, 11) is 0. The van der Waals surface area contributed by atoms with Crippen molar-refractivity contribution in [2.45, 2.75) is 59.0 Å². The Labute approximate surface area is 132 Å². The molecule has 1 fully saturated rings. The van der Waals surface area contributed by atoms with Crippen LogP contribution in [0, 0.1) is 11.8 Å². The van der Waals surface area contributed by atoms with Crippen molar-refractivity contribution in [3.63, 3.8) is 0 Å². The monoisotopic (exact) mass is 302 g/mol. The van der Waals surface area contributed by atoms with E-state index in [-0.39, 0.29) is 29.1 Å². The second-order valence-corrected chi connectivity index (χ2v) is 7.28. The lowest BCUT2D eigenvalue weighted by molar-refractivity contribution is -0.145. The highest BCUT2D eigenvalue weighted by Gasteiger charge is 2.37. The van der Waals surface area contributed by atoms with Gasteiger partial charge in [0, 0.05) is 30.5 Å². The Hall–Kier alpha value is -1.71. The normalized spacial score (nSPS) is 22.5. The average molecular weight is 302 g/mol. The number of carbonyl (C=O) groups excluding carboxylic acids is 2. The first-order valence-electron chi connectivity index (χ1n) is 8.02. The third-order valence-corrected chi connectivity index (χ3v) is 4.41. The first kappa shape index (κ1) is 16.7. The molecule has 1 aromatic heterocycles. The van der Waals surface area contributed by atoms with Crippen LogP contribution in [0.1, 0.15) is 52.7 Å². The molecule has 0 spiro atoms. The summed E-state index contributed by atoms with van der Waals surface area (Å²) in [6.45, 7) is 8.67. The van der Waals surface area contributed by atoms with E-state index in [2.05, 4.69) is 4.98 Å². The lowest BCUT2D eigenvalue weighted by Crippen LogP contribution is -2.49. The lowest BCUT2D eigenvalue weighted by atomic mass is 9.78. The van der Waals surface area contributed by atoms with E-state index >= 15 is 0 Å². The van der Waals surface area contributed by atoms with E-state index in [1.54, 1.807) is 6.20 Å². The molecule has 0 N–H and O–H groups in total. The lowest BCUT2D eigenvalue weighted by Gasteiger charge is -2.40. The molecule has 1 aliphatic carbocycles. The summed E-state index contributed by atoms with van der Waals surface area (Å²) in [6, 6.07) is 5.76. The number of pyridine rings is 1. The molecule has 22 heavy (non-hydrogen) atoms. The van der Waals surface area contributed by atoms with Crippen LogP contribution in [-0.2, 0) is 16.1 Å². The molecule has 1 amide bonds. The molecule has 4 nitrogen and oxygen atoms in total. The summed E-state index contributed by atoms with van der Waals surface area (Å²) in [5.74, 6) is 0.504. The van der Waals surface area contributed by atoms with Crippen LogP contribution in [0.25, 0.3) is 0 Å². The standard InChI is InChI=1S/C18H26N2O2/c1-13-11-15(21)8-9-16(13)17(22)20(18(2,3)4)12-14-7-5-6-10-19-14/h5-7,10,13,16H,8-9,11-12H2,1-4H3/t13-,16-/m0/s1. The molecule has 1 heterocycles. The van der Waals surface area contributed by atoms with Gasteiger partial charge in [0.1, 0.15) is 5.78 Å². The Kier molecular flexibility index (Phi) is 4.99. The smallest absolute Gasteiger partial charge is 0.226 e. The number of carbonyl (C=O) groups is 2. The van der Waals surface area contributed by atoms with Gasteiger partial charge in [0.2, 0.25) is 5.91 Å². The summed E-state index contributed by atoms with van der Waals surface area (Å²) in [5.41, 5.74) is 0.626. The van der Waals surface area contributed by atoms with Gasteiger partial charge in [-0.15, -0.1) is 0 Å². The molecular weight excluding hydrogens is 276 g/mol. The molecule has 0 saturated heterocycles. The van der Waals surface area contributed by atoms with E-state index in [1.807, 2.05) is 50.8 Å². The minimum Gasteiger partial charge on any atom is -0.332 e. The van der Waals surface area contributed by atoms with Gasteiger partial charge in [-0.05, 0) is 45.2 Å². The van der Waals surface area contributed by atoms with Gasteiger partial charge in [-0.1, -0.05) is 13.0 Å². The molecule has 120 valence electrons. The Morgan fingerprint density at radius 2 is 2.09 bits per heavy atom. The molecule has 1 aromatic rings. The summed E-state index contributed by atoms with van der Waals surface area (Å²) in [5, 5.41) is 0. The maximum absolute atomic E-state index is 13.1. The topological polar surface area (TPSA) is 50.3 Å². The van der Waals surface area contributed by atoms with Crippen molar-refractivity contribution in [3.05, 3.63) is 30.1 Å². The predicted molar refractivity (Wildman–Crippen MR) is 86.1 cm³/mol. The number of hydrogen-bond acceptors (Lipinski definition) is 3. The molecule has 0 aliphatic heterocycles. The van der Waals surface area contributed by atoms with Crippen molar-refractivity contribution in [3.8, 4) is 0 Å². The van der Waals surface area contributed by atoms with Crippen molar-refractivity contribution < 1.29 is 9.59 Å².